The van der Waals surface area contributed by atoms with Gasteiger partial charge in [0, 0.05) is 13.0 Å². The molecule has 0 saturated heterocycles. The number of carbonyl (C=O) groups excluding carboxylic acids is 2. The van der Waals surface area contributed by atoms with Crippen LogP contribution in [0.5, 0.6) is 0 Å². The zero-order valence-corrected chi connectivity index (χ0v) is 13.1. The molecular formula is C17H28N2O2. The molecule has 0 heterocycles. The molecule has 4 rings (SSSR count). The van der Waals surface area contributed by atoms with Gasteiger partial charge < -0.3 is 10.6 Å². The number of rotatable bonds is 6. The van der Waals surface area contributed by atoms with E-state index in [0.717, 1.165) is 24.2 Å². The molecule has 21 heavy (non-hydrogen) atoms. The molecule has 0 unspecified atom stereocenters. The zero-order valence-electron chi connectivity index (χ0n) is 13.1. The molecule has 0 spiro atoms. The summed E-state index contributed by atoms with van der Waals surface area (Å²) < 4.78 is 0. The molecule has 118 valence electrons. The fourth-order valence-corrected chi connectivity index (χ4v) is 5.42. The maximum absolute atomic E-state index is 12.2. The zero-order chi connectivity index (χ0) is 14.9. The summed E-state index contributed by atoms with van der Waals surface area (Å²) in [4.78, 5) is 23.8. The molecule has 4 fully saturated rings. The molecule has 4 aliphatic carbocycles. The minimum atomic E-state index is -0.0734. The topological polar surface area (TPSA) is 58.2 Å². The first-order chi connectivity index (χ1) is 10.1. The highest BCUT2D eigenvalue weighted by atomic mass is 16.2. The van der Waals surface area contributed by atoms with Crippen molar-refractivity contribution < 1.29 is 9.59 Å². The summed E-state index contributed by atoms with van der Waals surface area (Å²) in [6, 6.07) is 0. The van der Waals surface area contributed by atoms with Gasteiger partial charge in [-0.15, -0.1) is 0 Å². The van der Waals surface area contributed by atoms with Crippen LogP contribution < -0.4 is 10.6 Å². The van der Waals surface area contributed by atoms with Crippen LogP contribution in [-0.2, 0) is 9.59 Å². The van der Waals surface area contributed by atoms with Crippen molar-refractivity contribution in [3.63, 3.8) is 0 Å². The van der Waals surface area contributed by atoms with Crippen molar-refractivity contribution >= 4 is 11.8 Å². The third kappa shape index (κ3) is 3.41. The molecule has 0 atom stereocenters. The highest BCUT2D eigenvalue weighted by molar-refractivity contribution is 5.84. The van der Waals surface area contributed by atoms with Crippen LogP contribution in [0.3, 0.4) is 0 Å². The van der Waals surface area contributed by atoms with Crippen LogP contribution in [0.1, 0.15) is 58.3 Å². The Bertz CT molecular complexity index is 384. The maximum Gasteiger partial charge on any atom is 0.239 e. The molecule has 0 aromatic carbocycles. The van der Waals surface area contributed by atoms with Crippen LogP contribution in [0.4, 0.5) is 0 Å². The van der Waals surface area contributed by atoms with Gasteiger partial charge in [-0.3, -0.25) is 9.59 Å². The van der Waals surface area contributed by atoms with E-state index in [-0.39, 0.29) is 23.8 Å². The highest BCUT2D eigenvalue weighted by Gasteiger charge is 2.51. The lowest BCUT2D eigenvalue weighted by Gasteiger charge is -2.56. The van der Waals surface area contributed by atoms with Gasteiger partial charge in [-0.25, -0.2) is 0 Å². The van der Waals surface area contributed by atoms with Gasteiger partial charge in [-0.05, 0) is 68.1 Å². The van der Waals surface area contributed by atoms with E-state index in [9.17, 15) is 9.59 Å². The molecule has 0 radical (unpaired) electrons. The molecule has 4 nitrogen and oxygen atoms in total. The van der Waals surface area contributed by atoms with Gasteiger partial charge in [-0.1, -0.05) is 6.92 Å². The second kappa shape index (κ2) is 5.98. The quantitative estimate of drug-likeness (QED) is 0.789. The molecule has 4 heteroatoms. The predicted octanol–water partition coefficient (Wildman–Crippen LogP) is 2.24. The Kier molecular flexibility index (Phi) is 4.23. The molecule has 4 bridgehead atoms. The molecule has 0 aromatic heterocycles. The molecular weight excluding hydrogens is 264 g/mol. The van der Waals surface area contributed by atoms with Crippen LogP contribution >= 0.6 is 0 Å². The van der Waals surface area contributed by atoms with E-state index < -0.39 is 0 Å². The smallest absolute Gasteiger partial charge is 0.239 e. The van der Waals surface area contributed by atoms with Crippen LogP contribution in [0.15, 0.2) is 0 Å². The summed E-state index contributed by atoms with van der Waals surface area (Å²) in [5.74, 6) is 2.62. The Labute approximate surface area is 127 Å². The van der Waals surface area contributed by atoms with E-state index in [0.29, 0.717) is 13.0 Å². The summed E-state index contributed by atoms with van der Waals surface area (Å²) in [5, 5.41) is 5.61. The van der Waals surface area contributed by atoms with E-state index in [4.69, 9.17) is 0 Å². The SMILES string of the molecule is CCCNC(=O)CNC(=O)CC12CC3CC(CC(C3)C1)C2. The number of amides is 2. The number of hydrogen-bond donors (Lipinski definition) is 2. The summed E-state index contributed by atoms with van der Waals surface area (Å²) in [6.45, 7) is 2.83. The fraction of sp³-hybridized carbons (Fsp3) is 0.882. The van der Waals surface area contributed by atoms with E-state index in [1.165, 1.54) is 38.5 Å². The first kappa shape index (κ1) is 14.9. The van der Waals surface area contributed by atoms with Gasteiger partial charge in [0.25, 0.3) is 0 Å². The number of nitrogens with one attached hydrogen (secondary N) is 2. The van der Waals surface area contributed by atoms with Crippen molar-refractivity contribution in [3.05, 3.63) is 0 Å². The molecule has 0 aliphatic heterocycles. The summed E-state index contributed by atoms with van der Waals surface area (Å²) >= 11 is 0. The monoisotopic (exact) mass is 292 g/mol. The first-order valence-electron chi connectivity index (χ1n) is 8.62. The molecule has 0 aromatic rings. The third-order valence-corrected chi connectivity index (χ3v) is 5.72. The van der Waals surface area contributed by atoms with E-state index >= 15 is 0 Å². The van der Waals surface area contributed by atoms with Gasteiger partial charge in [0.05, 0.1) is 6.54 Å². The minimum absolute atomic E-state index is 0.0728. The fourth-order valence-electron chi connectivity index (χ4n) is 5.42. The average molecular weight is 292 g/mol. The van der Waals surface area contributed by atoms with Gasteiger partial charge in [0.1, 0.15) is 0 Å². The molecule has 4 aliphatic rings. The lowest BCUT2D eigenvalue weighted by Crippen LogP contribution is -2.48. The molecule has 2 amide bonds. The minimum Gasteiger partial charge on any atom is -0.355 e. The van der Waals surface area contributed by atoms with Crippen LogP contribution in [-0.4, -0.2) is 24.9 Å². The van der Waals surface area contributed by atoms with E-state index in [2.05, 4.69) is 10.6 Å². The van der Waals surface area contributed by atoms with Crippen molar-refractivity contribution in [1.29, 1.82) is 0 Å². The van der Waals surface area contributed by atoms with Crippen molar-refractivity contribution in [3.8, 4) is 0 Å². The standard InChI is InChI=1S/C17H28N2O2/c1-2-3-18-16(21)11-19-15(20)10-17-7-12-4-13(8-17)6-14(5-12)9-17/h12-14H,2-11H2,1H3,(H,18,21)(H,19,20). The Morgan fingerprint density at radius 3 is 2.05 bits per heavy atom. The van der Waals surface area contributed by atoms with Gasteiger partial charge in [0.15, 0.2) is 0 Å². The highest BCUT2D eigenvalue weighted by Crippen LogP contribution is 2.61. The van der Waals surface area contributed by atoms with Crippen LogP contribution in [0.2, 0.25) is 0 Å². The Hall–Kier alpha value is -1.06. The Morgan fingerprint density at radius 2 is 1.52 bits per heavy atom. The molecule has 4 saturated carbocycles. The second-order valence-corrected chi connectivity index (χ2v) is 7.72. The first-order valence-corrected chi connectivity index (χ1v) is 8.62. The van der Waals surface area contributed by atoms with Crippen molar-refractivity contribution in [2.45, 2.75) is 58.3 Å². The summed E-state index contributed by atoms with van der Waals surface area (Å²) in [5.41, 5.74) is 0.263. The van der Waals surface area contributed by atoms with Crippen LogP contribution in [0, 0.1) is 23.2 Å². The van der Waals surface area contributed by atoms with Gasteiger partial charge >= 0.3 is 0 Å². The lowest BCUT2D eigenvalue weighted by atomic mass is 9.49. The van der Waals surface area contributed by atoms with E-state index in [1.807, 2.05) is 6.92 Å². The second-order valence-electron chi connectivity index (χ2n) is 7.72. The van der Waals surface area contributed by atoms with Gasteiger partial charge in [-0.2, -0.15) is 0 Å². The number of hydrogen-bond acceptors (Lipinski definition) is 2. The summed E-state index contributed by atoms with van der Waals surface area (Å²) in [7, 11) is 0. The Morgan fingerprint density at radius 1 is 0.952 bits per heavy atom. The van der Waals surface area contributed by atoms with Crippen LogP contribution in [0.25, 0.3) is 0 Å². The van der Waals surface area contributed by atoms with Crippen molar-refractivity contribution in [2.75, 3.05) is 13.1 Å². The number of carbonyl (C=O) groups is 2. The van der Waals surface area contributed by atoms with Gasteiger partial charge in [0.2, 0.25) is 11.8 Å². The Balaban J connectivity index is 1.48. The predicted molar refractivity (Wildman–Crippen MR) is 81.5 cm³/mol. The lowest BCUT2D eigenvalue weighted by molar-refractivity contribution is -0.131. The van der Waals surface area contributed by atoms with Crippen molar-refractivity contribution in [1.82, 2.24) is 10.6 Å². The van der Waals surface area contributed by atoms with E-state index in [1.54, 1.807) is 0 Å². The largest absolute Gasteiger partial charge is 0.355 e. The van der Waals surface area contributed by atoms with Crippen molar-refractivity contribution in [2.24, 2.45) is 23.2 Å². The maximum atomic E-state index is 12.2. The summed E-state index contributed by atoms with van der Waals surface area (Å²) in [6.07, 6.45) is 9.50. The average Bonchev–Trinajstić information content (AvgIpc) is 2.40. The third-order valence-electron chi connectivity index (χ3n) is 5.72. The molecule has 2 N–H and O–H groups in total. The normalized spacial score (nSPS) is 36.5.